The molecule has 0 saturated heterocycles. The van der Waals surface area contributed by atoms with Gasteiger partial charge in [0.05, 0.1) is 18.0 Å². The highest BCUT2D eigenvalue weighted by molar-refractivity contribution is 5.95. The third-order valence-corrected chi connectivity index (χ3v) is 4.60. The van der Waals surface area contributed by atoms with Crippen LogP contribution in [0.4, 0.5) is 0 Å². The quantitative estimate of drug-likeness (QED) is 0.449. The Morgan fingerprint density at radius 2 is 1.74 bits per heavy atom. The Morgan fingerprint density at radius 3 is 2.48 bits per heavy atom. The van der Waals surface area contributed by atoms with E-state index in [9.17, 15) is 0 Å². The molecule has 0 atom stereocenters. The summed E-state index contributed by atoms with van der Waals surface area (Å²) in [5, 5.41) is 1.24. The number of aryl methyl sites for hydroxylation is 2. The van der Waals surface area contributed by atoms with Gasteiger partial charge < -0.3 is 0 Å². The maximum atomic E-state index is 5.05. The summed E-state index contributed by atoms with van der Waals surface area (Å²) in [5.74, 6) is 1.10. The van der Waals surface area contributed by atoms with E-state index in [-0.39, 0.29) is 5.41 Å². The minimum absolute atomic E-state index is 0.0367. The zero-order valence-electron chi connectivity index (χ0n) is 14.4. The van der Waals surface area contributed by atoms with Crippen molar-refractivity contribution in [1.29, 1.82) is 0 Å². The van der Waals surface area contributed by atoms with Crippen LogP contribution < -0.4 is 4.57 Å². The number of imidazole rings is 1. The molecule has 0 spiro atoms. The first-order chi connectivity index (χ1) is 10.9. The van der Waals surface area contributed by atoms with Crippen LogP contribution >= 0.6 is 0 Å². The Labute approximate surface area is 136 Å². The number of rotatable bonds is 0. The van der Waals surface area contributed by atoms with E-state index in [0.717, 1.165) is 11.3 Å². The van der Waals surface area contributed by atoms with Crippen LogP contribution in [-0.2, 0) is 12.5 Å². The van der Waals surface area contributed by atoms with Crippen molar-refractivity contribution in [2.75, 3.05) is 0 Å². The molecule has 3 heteroatoms. The van der Waals surface area contributed by atoms with E-state index >= 15 is 0 Å². The average molecular weight is 304 g/mol. The highest BCUT2D eigenvalue weighted by Crippen LogP contribution is 2.30. The van der Waals surface area contributed by atoms with E-state index in [1.54, 1.807) is 0 Å². The molecule has 0 saturated carbocycles. The molecule has 2 aromatic carbocycles. The second-order valence-electron chi connectivity index (χ2n) is 7.36. The van der Waals surface area contributed by atoms with Crippen LogP contribution in [0.15, 0.2) is 42.5 Å². The van der Waals surface area contributed by atoms with Crippen molar-refractivity contribution in [3.8, 4) is 0 Å². The molecule has 0 aliphatic carbocycles. The Kier molecular flexibility index (Phi) is 2.80. The average Bonchev–Trinajstić information content (AvgIpc) is 2.80. The predicted octanol–water partition coefficient (Wildman–Crippen LogP) is 4.07. The van der Waals surface area contributed by atoms with Crippen molar-refractivity contribution < 1.29 is 4.57 Å². The second kappa shape index (κ2) is 4.54. The van der Waals surface area contributed by atoms with Crippen LogP contribution in [0.3, 0.4) is 0 Å². The SMILES string of the molecule is Cc1cccc2nc(C(C)(C)C)n3c4ccccc4[n+](C)c3c12. The summed E-state index contributed by atoms with van der Waals surface area (Å²) in [7, 11) is 2.15. The summed E-state index contributed by atoms with van der Waals surface area (Å²) in [6.45, 7) is 8.85. The number of nitrogens with zero attached hydrogens (tertiary/aromatic N) is 3. The van der Waals surface area contributed by atoms with Gasteiger partial charge >= 0.3 is 0 Å². The van der Waals surface area contributed by atoms with Gasteiger partial charge in [0.25, 0.3) is 5.65 Å². The van der Waals surface area contributed by atoms with Crippen LogP contribution in [0.25, 0.3) is 27.6 Å². The van der Waals surface area contributed by atoms with Gasteiger partial charge in [0, 0.05) is 5.41 Å². The largest absolute Gasteiger partial charge is 0.298 e. The molecular weight excluding hydrogens is 282 g/mol. The molecule has 23 heavy (non-hydrogen) atoms. The van der Waals surface area contributed by atoms with E-state index in [4.69, 9.17) is 4.98 Å². The minimum Gasteiger partial charge on any atom is -0.225 e. The molecule has 0 unspecified atom stereocenters. The molecule has 0 aliphatic heterocycles. The number of fused-ring (bicyclic) bond motifs is 5. The zero-order chi connectivity index (χ0) is 16.4. The van der Waals surface area contributed by atoms with E-state index in [0.29, 0.717) is 0 Å². The molecule has 0 N–H and O–H groups in total. The van der Waals surface area contributed by atoms with Crippen LogP contribution in [0, 0.1) is 6.92 Å². The lowest BCUT2D eigenvalue weighted by Gasteiger charge is -2.16. The van der Waals surface area contributed by atoms with Crippen molar-refractivity contribution >= 4 is 27.6 Å². The molecule has 4 aromatic rings. The predicted molar refractivity (Wildman–Crippen MR) is 94.8 cm³/mol. The number of hydrogen-bond donors (Lipinski definition) is 0. The monoisotopic (exact) mass is 304 g/mol. The molecule has 0 amide bonds. The lowest BCUT2D eigenvalue weighted by Crippen LogP contribution is -2.29. The van der Waals surface area contributed by atoms with Crippen molar-refractivity contribution in [2.24, 2.45) is 7.05 Å². The molecule has 2 heterocycles. The maximum Gasteiger partial charge on any atom is 0.298 e. The Bertz CT molecular complexity index is 1070. The van der Waals surface area contributed by atoms with Crippen LogP contribution in [-0.4, -0.2) is 9.38 Å². The molecule has 0 aliphatic rings. The third-order valence-electron chi connectivity index (χ3n) is 4.60. The van der Waals surface area contributed by atoms with Gasteiger partial charge in [-0.1, -0.05) is 45.0 Å². The van der Waals surface area contributed by atoms with E-state index < -0.39 is 0 Å². The Balaban J connectivity index is 2.42. The summed E-state index contributed by atoms with van der Waals surface area (Å²) in [4.78, 5) is 5.05. The fourth-order valence-electron chi connectivity index (χ4n) is 3.51. The van der Waals surface area contributed by atoms with Crippen LogP contribution in [0.5, 0.6) is 0 Å². The first-order valence-electron chi connectivity index (χ1n) is 8.08. The Hall–Kier alpha value is -2.42. The summed E-state index contributed by atoms with van der Waals surface area (Å²) in [6, 6.07) is 14.9. The van der Waals surface area contributed by atoms with Gasteiger partial charge in [-0.25, -0.2) is 9.55 Å². The van der Waals surface area contributed by atoms with Crippen molar-refractivity contribution in [2.45, 2.75) is 33.1 Å². The lowest BCUT2D eigenvalue weighted by molar-refractivity contribution is -0.617. The van der Waals surface area contributed by atoms with E-state index in [2.05, 4.69) is 86.2 Å². The van der Waals surface area contributed by atoms with Gasteiger partial charge in [0.2, 0.25) is 5.82 Å². The summed E-state index contributed by atoms with van der Waals surface area (Å²) >= 11 is 0. The number of benzene rings is 2. The van der Waals surface area contributed by atoms with Crippen LogP contribution in [0.2, 0.25) is 0 Å². The normalized spacial score (nSPS) is 12.6. The third kappa shape index (κ3) is 1.89. The van der Waals surface area contributed by atoms with Gasteiger partial charge in [-0.3, -0.25) is 0 Å². The van der Waals surface area contributed by atoms with Gasteiger partial charge in [0.1, 0.15) is 0 Å². The number of hydrogen-bond acceptors (Lipinski definition) is 1. The zero-order valence-corrected chi connectivity index (χ0v) is 14.4. The van der Waals surface area contributed by atoms with Gasteiger partial charge in [0.15, 0.2) is 11.0 Å². The first kappa shape index (κ1) is 14.2. The molecule has 2 aromatic heterocycles. The summed E-state index contributed by atoms with van der Waals surface area (Å²) in [5.41, 5.74) is 5.97. The Morgan fingerprint density at radius 1 is 1.00 bits per heavy atom. The molecule has 0 fully saturated rings. The van der Waals surface area contributed by atoms with Crippen molar-refractivity contribution in [3.05, 3.63) is 53.9 Å². The summed E-state index contributed by atoms with van der Waals surface area (Å²) < 4.78 is 4.63. The molecule has 116 valence electrons. The number of aromatic nitrogens is 3. The van der Waals surface area contributed by atoms with Crippen LogP contribution in [0.1, 0.15) is 32.2 Å². The van der Waals surface area contributed by atoms with E-state index in [1.807, 2.05) is 0 Å². The molecule has 0 bridgehead atoms. The minimum atomic E-state index is -0.0367. The first-order valence-corrected chi connectivity index (χ1v) is 8.08. The molecule has 3 nitrogen and oxygen atoms in total. The molecule has 0 radical (unpaired) electrons. The van der Waals surface area contributed by atoms with Crippen molar-refractivity contribution in [3.63, 3.8) is 0 Å². The summed E-state index contributed by atoms with van der Waals surface area (Å²) in [6.07, 6.45) is 0. The van der Waals surface area contributed by atoms with Gasteiger partial charge in [-0.05, 0) is 30.7 Å². The standard InChI is InChI=1S/C20H22N3/c1-13-9-8-10-14-17(13)18-22(5)15-11-6-7-12-16(15)23(18)19(21-14)20(2,3)4/h6-12H,1-5H3/q+1. The highest BCUT2D eigenvalue weighted by atomic mass is 15.1. The van der Waals surface area contributed by atoms with Gasteiger partial charge in [-0.15, -0.1) is 0 Å². The molecular formula is C20H22N3+. The van der Waals surface area contributed by atoms with E-state index in [1.165, 1.54) is 27.6 Å². The highest BCUT2D eigenvalue weighted by Gasteiger charge is 2.30. The van der Waals surface area contributed by atoms with Crippen molar-refractivity contribution in [1.82, 2.24) is 9.38 Å². The smallest absolute Gasteiger partial charge is 0.225 e. The molecule has 4 rings (SSSR count). The number of para-hydroxylation sites is 2. The second-order valence-corrected chi connectivity index (χ2v) is 7.36. The maximum absolute atomic E-state index is 5.05. The fourth-order valence-corrected chi connectivity index (χ4v) is 3.51. The lowest BCUT2D eigenvalue weighted by atomic mass is 9.95. The van der Waals surface area contributed by atoms with Gasteiger partial charge in [-0.2, -0.15) is 4.40 Å². The fraction of sp³-hybridized carbons (Fsp3) is 0.300. The topological polar surface area (TPSA) is 21.2 Å².